The zero-order valence-corrected chi connectivity index (χ0v) is 10.3. The third kappa shape index (κ3) is 2.65. The topological polar surface area (TPSA) is 87.3 Å². The van der Waals surface area contributed by atoms with Gasteiger partial charge >= 0.3 is 0 Å². The molecule has 0 aromatic carbocycles. The summed E-state index contributed by atoms with van der Waals surface area (Å²) < 4.78 is 0. The third-order valence-electron chi connectivity index (χ3n) is 3.00. The van der Waals surface area contributed by atoms with Gasteiger partial charge in [0.15, 0.2) is 0 Å². The standard InChI is InChI=1S/C11H19N5O/c1-3-8-13-9(15-12)6-10(14-8)16-5-4-11(2,17)7-16/h6,17H,3-5,7,12H2,1-2H3,(H,13,14,15). The van der Waals surface area contributed by atoms with E-state index in [1.165, 1.54) is 0 Å². The van der Waals surface area contributed by atoms with Crippen LogP contribution in [0.2, 0.25) is 0 Å². The summed E-state index contributed by atoms with van der Waals surface area (Å²) in [6.45, 7) is 5.24. The Bertz CT molecular complexity index is 385. The summed E-state index contributed by atoms with van der Waals surface area (Å²) in [5.41, 5.74) is 1.91. The minimum absolute atomic E-state index is 0.594. The van der Waals surface area contributed by atoms with Gasteiger partial charge in [-0.25, -0.2) is 15.8 Å². The molecule has 1 saturated heterocycles. The lowest BCUT2D eigenvalue weighted by Gasteiger charge is -2.20. The van der Waals surface area contributed by atoms with Crippen LogP contribution in [0.3, 0.4) is 0 Å². The SMILES string of the molecule is CCc1nc(NN)cc(N2CCC(C)(O)C2)n1. The summed E-state index contributed by atoms with van der Waals surface area (Å²) in [6.07, 6.45) is 1.51. The fourth-order valence-corrected chi connectivity index (χ4v) is 2.02. The lowest BCUT2D eigenvalue weighted by molar-refractivity contribution is 0.0839. The second-order valence-corrected chi connectivity index (χ2v) is 4.69. The Morgan fingerprint density at radius 2 is 2.35 bits per heavy atom. The average molecular weight is 237 g/mol. The minimum atomic E-state index is -0.631. The van der Waals surface area contributed by atoms with Crippen LogP contribution >= 0.6 is 0 Å². The van der Waals surface area contributed by atoms with Crippen molar-refractivity contribution in [2.45, 2.75) is 32.3 Å². The molecule has 1 aliphatic heterocycles. The molecule has 1 fully saturated rings. The van der Waals surface area contributed by atoms with Crippen molar-refractivity contribution in [3.63, 3.8) is 0 Å². The van der Waals surface area contributed by atoms with E-state index in [-0.39, 0.29) is 0 Å². The number of hydrogen-bond acceptors (Lipinski definition) is 6. The molecule has 2 heterocycles. The molecule has 2 rings (SSSR count). The third-order valence-corrected chi connectivity index (χ3v) is 3.00. The highest BCUT2D eigenvalue weighted by Gasteiger charge is 2.32. The summed E-state index contributed by atoms with van der Waals surface area (Å²) in [6, 6.07) is 1.81. The highest BCUT2D eigenvalue weighted by atomic mass is 16.3. The van der Waals surface area contributed by atoms with Crippen molar-refractivity contribution in [3.8, 4) is 0 Å². The van der Waals surface area contributed by atoms with E-state index in [4.69, 9.17) is 5.84 Å². The van der Waals surface area contributed by atoms with E-state index in [1.807, 2.05) is 13.8 Å². The molecule has 94 valence electrons. The van der Waals surface area contributed by atoms with Crippen molar-refractivity contribution in [2.75, 3.05) is 23.4 Å². The van der Waals surface area contributed by atoms with Crippen LogP contribution in [0.25, 0.3) is 0 Å². The van der Waals surface area contributed by atoms with Crippen molar-refractivity contribution < 1.29 is 5.11 Å². The van der Waals surface area contributed by atoms with Gasteiger partial charge < -0.3 is 15.4 Å². The van der Waals surface area contributed by atoms with Crippen LogP contribution in [-0.4, -0.2) is 33.8 Å². The number of aromatic nitrogens is 2. The quantitative estimate of drug-likeness (QED) is 0.517. The van der Waals surface area contributed by atoms with Gasteiger partial charge in [0.05, 0.1) is 5.60 Å². The zero-order valence-electron chi connectivity index (χ0n) is 10.3. The number of hydrazine groups is 1. The van der Waals surface area contributed by atoms with E-state index < -0.39 is 5.60 Å². The van der Waals surface area contributed by atoms with Gasteiger partial charge in [-0.05, 0) is 13.3 Å². The van der Waals surface area contributed by atoms with Gasteiger partial charge in [0.25, 0.3) is 0 Å². The van der Waals surface area contributed by atoms with Gasteiger partial charge in [0.1, 0.15) is 17.5 Å². The summed E-state index contributed by atoms with van der Waals surface area (Å²) in [4.78, 5) is 10.8. The van der Waals surface area contributed by atoms with Crippen molar-refractivity contribution >= 4 is 11.6 Å². The number of nitrogens with one attached hydrogen (secondary N) is 1. The predicted molar refractivity (Wildman–Crippen MR) is 66.7 cm³/mol. The maximum Gasteiger partial charge on any atom is 0.145 e. The van der Waals surface area contributed by atoms with Crippen LogP contribution in [0, 0.1) is 0 Å². The van der Waals surface area contributed by atoms with Gasteiger partial charge in [0.2, 0.25) is 0 Å². The number of nitrogen functional groups attached to an aromatic ring is 1. The number of nitrogens with zero attached hydrogens (tertiary/aromatic N) is 3. The molecule has 6 nitrogen and oxygen atoms in total. The number of nitrogens with two attached hydrogens (primary N) is 1. The molecule has 1 aromatic heterocycles. The lowest BCUT2D eigenvalue weighted by Crippen LogP contribution is -2.30. The van der Waals surface area contributed by atoms with Crippen LogP contribution in [0.15, 0.2) is 6.07 Å². The van der Waals surface area contributed by atoms with Gasteiger partial charge in [-0.3, -0.25) is 0 Å². The number of aryl methyl sites for hydroxylation is 1. The predicted octanol–water partition coefficient (Wildman–Crippen LogP) is 0.286. The number of β-amino-alcohol motifs (C(OH)–C–C–N with tert-alkyl or cyclic N) is 1. The molecule has 1 unspecified atom stereocenters. The summed E-state index contributed by atoms with van der Waals surface area (Å²) >= 11 is 0. The van der Waals surface area contributed by atoms with Gasteiger partial charge in [-0.1, -0.05) is 6.92 Å². The highest BCUT2D eigenvalue weighted by Crippen LogP contribution is 2.26. The zero-order chi connectivity index (χ0) is 12.5. The van der Waals surface area contributed by atoms with Crippen molar-refractivity contribution in [2.24, 2.45) is 5.84 Å². The molecule has 0 bridgehead atoms. The van der Waals surface area contributed by atoms with Crippen LogP contribution in [0.5, 0.6) is 0 Å². The molecule has 0 aliphatic carbocycles. The monoisotopic (exact) mass is 237 g/mol. The molecule has 4 N–H and O–H groups in total. The van der Waals surface area contributed by atoms with E-state index in [0.717, 1.165) is 31.0 Å². The molecule has 0 saturated carbocycles. The van der Waals surface area contributed by atoms with Crippen molar-refractivity contribution in [1.82, 2.24) is 9.97 Å². The second kappa shape index (κ2) is 4.46. The fourth-order valence-electron chi connectivity index (χ4n) is 2.02. The molecule has 0 spiro atoms. The summed E-state index contributed by atoms with van der Waals surface area (Å²) in [5, 5.41) is 9.95. The summed E-state index contributed by atoms with van der Waals surface area (Å²) in [7, 11) is 0. The Hall–Kier alpha value is -1.40. The van der Waals surface area contributed by atoms with Gasteiger partial charge in [-0.2, -0.15) is 0 Å². The van der Waals surface area contributed by atoms with E-state index >= 15 is 0 Å². The Labute approximate surface area is 101 Å². The largest absolute Gasteiger partial charge is 0.388 e. The Morgan fingerprint density at radius 1 is 1.59 bits per heavy atom. The average Bonchev–Trinajstić information content (AvgIpc) is 2.69. The molecular formula is C11H19N5O. The highest BCUT2D eigenvalue weighted by molar-refractivity contribution is 5.50. The number of rotatable bonds is 3. The number of aliphatic hydroxyl groups is 1. The smallest absolute Gasteiger partial charge is 0.145 e. The molecule has 1 aromatic rings. The molecule has 0 radical (unpaired) electrons. The van der Waals surface area contributed by atoms with E-state index in [9.17, 15) is 5.11 Å². The molecule has 0 amide bonds. The Kier molecular flexibility index (Phi) is 3.17. The maximum absolute atomic E-state index is 9.95. The molecule has 6 heteroatoms. The molecule has 17 heavy (non-hydrogen) atoms. The fraction of sp³-hybridized carbons (Fsp3) is 0.636. The first-order valence-corrected chi connectivity index (χ1v) is 5.86. The normalized spacial score (nSPS) is 24.1. The van der Waals surface area contributed by atoms with Crippen LogP contribution in [0.4, 0.5) is 11.6 Å². The van der Waals surface area contributed by atoms with Crippen molar-refractivity contribution in [1.29, 1.82) is 0 Å². The first-order chi connectivity index (χ1) is 8.04. The number of hydrogen-bond donors (Lipinski definition) is 3. The van der Waals surface area contributed by atoms with Crippen LogP contribution in [0.1, 0.15) is 26.1 Å². The minimum Gasteiger partial charge on any atom is -0.388 e. The molecule has 1 aliphatic rings. The van der Waals surface area contributed by atoms with E-state index in [2.05, 4.69) is 20.3 Å². The lowest BCUT2D eigenvalue weighted by atomic mass is 10.1. The molecule has 1 atom stereocenters. The van der Waals surface area contributed by atoms with Crippen LogP contribution in [-0.2, 0) is 6.42 Å². The van der Waals surface area contributed by atoms with Gasteiger partial charge in [0, 0.05) is 25.6 Å². The van der Waals surface area contributed by atoms with Crippen molar-refractivity contribution in [3.05, 3.63) is 11.9 Å². The second-order valence-electron chi connectivity index (χ2n) is 4.69. The Balaban J connectivity index is 2.26. The number of anilines is 2. The van der Waals surface area contributed by atoms with E-state index in [1.54, 1.807) is 6.07 Å². The maximum atomic E-state index is 9.95. The first kappa shape index (κ1) is 12.1. The van der Waals surface area contributed by atoms with Gasteiger partial charge in [-0.15, -0.1) is 0 Å². The first-order valence-electron chi connectivity index (χ1n) is 5.86. The van der Waals surface area contributed by atoms with E-state index in [0.29, 0.717) is 12.4 Å². The molecular weight excluding hydrogens is 218 g/mol. The van der Waals surface area contributed by atoms with Crippen LogP contribution < -0.4 is 16.2 Å². The Morgan fingerprint density at radius 3 is 2.88 bits per heavy atom. The summed E-state index contributed by atoms with van der Waals surface area (Å²) in [5.74, 6) is 7.57.